The minimum absolute atomic E-state index is 0. The second kappa shape index (κ2) is 10.7. The van der Waals surface area contributed by atoms with Gasteiger partial charge in [-0.2, -0.15) is 0 Å². The molecule has 0 spiro atoms. The Morgan fingerprint density at radius 1 is 1.18 bits per heavy atom. The van der Waals surface area contributed by atoms with Gasteiger partial charge >= 0.3 is 43.7 Å². The number of hydrogen-bond acceptors (Lipinski definition) is 1. The van der Waals surface area contributed by atoms with Crippen molar-refractivity contribution in [2.45, 2.75) is 45.4 Å². The number of unbranched alkanes of at least 4 members (excludes halogenated alkanes) is 4. The molecule has 0 aromatic heterocycles. The Morgan fingerprint density at radius 2 is 1.73 bits per heavy atom. The number of carbonyl (C=O) groups is 1. The summed E-state index contributed by atoms with van der Waals surface area (Å²) in [5, 5.41) is 8.27. The SMILES string of the molecule is CCCCCCCC(=O)O.[CaH2]. The Kier molecular flexibility index (Phi) is 13.9. The van der Waals surface area contributed by atoms with Crippen molar-refractivity contribution in [3.63, 3.8) is 0 Å². The molecule has 2 nitrogen and oxygen atoms in total. The predicted molar refractivity (Wildman–Crippen MR) is 49.6 cm³/mol. The molecule has 0 aliphatic rings. The summed E-state index contributed by atoms with van der Waals surface area (Å²) in [4.78, 5) is 10.0. The van der Waals surface area contributed by atoms with E-state index in [1.54, 1.807) is 0 Å². The van der Waals surface area contributed by atoms with Crippen LogP contribution in [-0.4, -0.2) is 48.8 Å². The Bertz CT molecular complexity index is 94.1. The van der Waals surface area contributed by atoms with Gasteiger partial charge in [0.15, 0.2) is 0 Å². The van der Waals surface area contributed by atoms with Crippen LogP contribution in [0.1, 0.15) is 45.4 Å². The van der Waals surface area contributed by atoms with Gasteiger partial charge in [0.2, 0.25) is 0 Å². The summed E-state index contributed by atoms with van der Waals surface area (Å²) in [6, 6.07) is 0. The Hall–Kier alpha value is 0.730. The molecule has 0 saturated carbocycles. The van der Waals surface area contributed by atoms with Crippen molar-refractivity contribution < 1.29 is 9.90 Å². The molecule has 11 heavy (non-hydrogen) atoms. The quantitative estimate of drug-likeness (QED) is 0.504. The van der Waals surface area contributed by atoms with Crippen molar-refractivity contribution in [1.82, 2.24) is 0 Å². The third-order valence-corrected chi connectivity index (χ3v) is 1.49. The van der Waals surface area contributed by atoms with Crippen LogP contribution >= 0.6 is 0 Å². The van der Waals surface area contributed by atoms with Gasteiger partial charge in [0.05, 0.1) is 0 Å². The number of rotatable bonds is 6. The van der Waals surface area contributed by atoms with Gasteiger partial charge in [0.25, 0.3) is 0 Å². The first kappa shape index (κ1) is 14.3. The molecule has 0 aromatic rings. The molecule has 0 amide bonds. The maximum absolute atomic E-state index is 10.0. The number of aliphatic carboxylic acids is 1. The molecule has 3 heteroatoms. The average Bonchev–Trinajstić information content (AvgIpc) is 1.87. The Labute approximate surface area is 98.4 Å². The summed E-state index contributed by atoms with van der Waals surface area (Å²) in [5.74, 6) is -0.670. The zero-order chi connectivity index (χ0) is 7.82. The molecular weight excluding hydrogens is 168 g/mol. The van der Waals surface area contributed by atoms with Crippen LogP contribution in [0.4, 0.5) is 0 Å². The number of carboxylic acid groups (broad SMARTS) is 1. The van der Waals surface area contributed by atoms with Crippen molar-refractivity contribution in [1.29, 1.82) is 0 Å². The molecule has 0 heterocycles. The third kappa shape index (κ3) is 13.7. The van der Waals surface area contributed by atoms with Crippen LogP contribution in [0, 0.1) is 0 Å². The van der Waals surface area contributed by atoms with Gasteiger partial charge in [0, 0.05) is 6.42 Å². The second-order valence-corrected chi connectivity index (χ2v) is 2.56. The summed E-state index contributed by atoms with van der Waals surface area (Å²) in [7, 11) is 0. The fourth-order valence-electron chi connectivity index (χ4n) is 0.880. The summed E-state index contributed by atoms with van der Waals surface area (Å²) in [5.41, 5.74) is 0. The first-order chi connectivity index (χ1) is 4.77. The Morgan fingerprint density at radius 3 is 2.18 bits per heavy atom. The molecule has 0 aliphatic carbocycles. The molecule has 0 unspecified atom stereocenters. The standard InChI is InChI=1S/C8H16O2.Ca.2H/c1-2-3-4-5-6-7-8(9)10;;;/h2-7H2,1H3,(H,9,10);;;. The first-order valence-corrected chi connectivity index (χ1v) is 3.99. The molecule has 0 rings (SSSR count). The van der Waals surface area contributed by atoms with Crippen molar-refractivity contribution in [3.8, 4) is 0 Å². The zero-order valence-electron chi connectivity index (χ0n) is 6.60. The van der Waals surface area contributed by atoms with E-state index < -0.39 is 5.97 Å². The Balaban J connectivity index is 0. The van der Waals surface area contributed by atoms with Crippen LogP contribution < -0.4 is 0 Å². The molecule has 0 radical (unpaired) electrons. The van der Waals surface area contributed by atoms with E-state index in [2.05, 4.69) is 6.92 Å². The molecule has 0 bridgehead atoms. The van der Waals surface area contributed by atoms with Crippen LogP contribution in [0.5, 0.6) is 0 Å². The van der Waals surface area contributed by atoms with E-state index in [9.17, 15) is 4.79 Å². The molecule has 1 N–H and O–H groups in total. The van der Waals surface area contributed by atoms with E-state index in [0.717, 1.165) is 12.8 Å². The molecule has 0 aromatic carbocycles. The fourth-order valence-corrected chi connectivity index (χ4v) is 0.880. The van der Waals surface area contributed by atoms with Crippen molar-refractivity contribution in [2.24, 2.45) is 0 Å². The van der Waals surface area contributed by atoms with E-state index in [1.807, 2.05) is 0 Å². The van der Waals surface area contributed by atoms with Crippen LogP contribution in [0.25, 0.3) is 0 Å². The molecule has 0 atom stereocenters. The molecule has 0 fully saturated rings. The number of carboxylic acids is 1. The van der Waals surface area contributed by atoms with E-state index >= 15 is 0 Å². The van der Waals surface area contributed by atoms with Crippen LogP contribution in [0.3, 0.4) is 0 Å². The minimum atomic E-state index is -0.670. The van der Waals surface area contributed by atoms with Crippen LogP contribution in [0.2, 0.25) is 0 Å². The summed E-state index contributed by atoms with van der Waals surface area (Å²) < 4.78 is 0. The fraction of sp³-hybridized carbons (Fsp3) is 0.875. The van der Waals surface area contributed by atoms with Gasteiger partial charge < -0.3 is 5.11 Å². The topological polar surface area (TPSA) is 37.3 Å². The van der Waals surface area contributed by atoms with Crippen LogP contribution in [0.15, 0.2) is 0 Å². The van der Waals surface area contributed by atoms with Gasteiger partial charge in [-0.1, -0.05) is 32.6 Å². The van der Waals surface area contributed by atoms with Gasteiger partial charge in [-0.3, -0.25) is 4.79 Å². The predicted octanol–water partition coefficient (Wildman–Crippen LogP) is 1.52. The van der Waals surface area contributed by atoms with Crippen molar-refractivity contribution >= 4 is 43.7 Å². The molecular formula is C8H18CaO2. The van der Waals surface area contributed by atoms with E-state index in [0.29, 0.717) is 6.42 Å². The summed E-state index contributed by atoms with van der Waals surface area (Å²) >= 11 is 0. The molecule has 64 valence electrons. The van der Waals surface area contributed by atoms with Crippen LogP contribution in [-0.2, 0) is 4.79 Å². The van der Waals surface area contributed by atoms with E-state index in [4.69, 9.17) is 5.11 Å². The average molecular weight is 186 g/mol. The molecule has 0 saturated heterocycles. The normalized spacial score (nSPS) is 8.82. The summed E-state index contributed by atoms with van der Waals surface area (Å²) in [6.07, 6.45) is 5.88. The van der Waals surface area contributed by atoms with Gasteiger partial charge in [-0.05, 0) is 6.42 Å². The van der Waals surface area contributed by atoms with E-state index in [-0.39, 0.29) is 37.7 Å². The monoisotopic (exact) mass is 186 g/mol. The first-order valence-electron chi connectivity index (χ1n) is 3.99. The van der Waals surface area contributed by atoms with Gasteiger partial charge in [0.1, 0.15) is 0 Å². The van der Waals surface area contributed by atoms with Crippen molar-refractivity contribution in [2.75, 3.05) is 0 Å². The zero-order valence-corrected chi connectivity index (χ0v) is 6.60. The molecule has 0 aliphatic heterocycles. The summed E-state index contributed by atoms with van der Waals surface area (Å²) in [6.45, 7) is 2.15. The second-order valence-electron chi connectivity index (χ2n) is 2.56. The van der Waals surface area contributed by atoms with Crippen molar-refractivity contribution in [3.05, 3.63) is 0 Å². The number of hydrogen-bond donors (Lipinski definition) is 1. The maximum atomic E-state index is 10.0. The van der Waals surface area contributed by atoms with E-state index in [1.165, 1.54) is 19.3 Å². The van der Waals surface area contributed by atoms with Gasteiger partial charge in [-0.25, -0.2) is 0 Å². The third-order valence-electron chi connectivity index (χ3n) is 1.49. The van der Waals surface area contributed by atoms with Gasteiger partial charge in [-0.15, -0.1) is 0 Å².